The van der Waals surface area contributed by atoms with Crippen molar-refractivity contribution in [3.63, 3.8) is 0 Å². The van der Waals surface area contributed by atoms with Gasteiger partial charge in [0.05, 0.1) is 23.6 Å². The van der Waals surface area contributed by atoms with E-state index in [1.54, 1.807) is 50.2 Å². The number of hydrogen-bond acceptors (Lipinski definition) is 3. The Morgan fingerprint density at radius 2 is 1.85 bits per heavy atom. The van der Waals surface area contributed by atoms with Gasteiger partial charge in [0.25, 0.3) is 0 Å². The SMILES string of the molecule is CCOC(=O)c1cc(C)nn1-c1cccc(-c2ccccc2C(F)(F)F)c1. The van der Waals surface area contributed by atoms with E-state index in [0.717, 1.165) is 6.07 Å². The minimum absolute atomic E-state index is 0.0633. The van der Waals surface area contributed by atoms with Gasteiger partial charge in [0.2, 0.25) is 0 Å². The third kappa shape index (κ3) is 3.86. The first kappa shape index (κ1) is 18.7. The second-order valence-corrected chi connectivity index (χ2v) is 5.90. The molecule has 27 heavy (non-hydrogen) atoms. The first-order chi connectivity index (χ1) is 12.8. The summed E-state index contributed by atoms with van der Waals surface area (Å²) in [6, 6.07) is 13.4. The summed E-state index contributed by atoms with van der Waals surface area (Å²) >= 11 is 0. The molecule has 4 nitrogen and oxygen atoms in total. The summed E-state index contributed by atoms with van der Waals surface area (Å²) in [5.41, 5.74) is 1.01. The van der Waals surface area contributed by atoms with Crippen LogP contribution in [0.25, 0.3) is 16.8 Å². The summed E-state index contributed by atoms with van der Waals surface area (Å²) < 4.78 is 46.4. The van der Waals surface area contributed by atoms with Crippen molar-refractivity contribution in [2.75, 3.05) is 6.61 Å². The zero-order valence-corrected chi connectivity index (χ0v) is 14.7. The lowest BCUT2D eigenvalue weighted by molar-refractivity contribution is -0.137. The molecule has 0 amide bonds. The molecule has 0 aliphatic carbocycles. The van der Waals surface area contributed by atoms with E-state index in [4.69, 9.17) is 4.74 Å². The highest BCUT2D eigenvalue weighted by atomic mass is 19.4. The van der Waals surface area contributed by atoms with Crippen molar-refractivity contribution in [2.45, 2.75) is 20.0 Å². The van der Waals surface area contributed by atoms with Crippen molar-refractivity contribution in [2.24, 2.45) is 0 Å². The first-order valence-corrected chi connectivity index (χ1v) is 8.32. The van der Waals surface area contributed by atoms with E-state index in [0.29, 0.717) is 16.9 Å². The molecule has 2 aromatic carbocycles. The number of aromatic nitrogens is 2. The molecule has 0 aliphatic heterocycles. The Kier molecular flexibility index (Phi) is 5.03. The average molecular weight is 374 g/mol. The third-order valence-corrected chi connectivity index (χ3v) is 3.95. The minimum atomic E-state index is -4.47. The van der Waals surface area contributed by atoms with Crippen LogP contribution in [0.4, 0.5) is 13.2 Å². The molecule has 0 saturated heterocycles. The molecule has 0 spiro atoms. The lowest BCUT2D eigenvalue weighted by Crippen LogP contribution is -2.12. The highest BCUT2D eigenvalue weighted by molar-refractivity contribution is 5.88. The summed E-state index contributed by atoms with van der Waals surface area (Å²) in [7, 11) is 0. The van der Waals surface area contributed by atoms with E-state index in [1.165, 1.54) is 16.8 Å². The Hall–Kier alpha value is -3.09. The number of nitrogens with zero attached hydrogens (tertiary/aromatic N) is 2. The normalized spacial score (nSPS) is 11.4. The first-order valence-electron chi connectivity index (χ1n) is 8.32. The topological polar surface area (TPSA) is 44.1 Å². The minimum Gasteiger partial charge on any atom is -0.461 e. The molecular formula is C20H17F3N2O2. The zero-order chi connectivity index (χ0) is 19.6. The van der Waals surface area contributed by atoms with Gasteiger partial charge in [-0.05, 0) is 49.2 Å². The van der Waals surface area contributed by atoms with Gasteiger partial charge in [-0.3, -0.25) is 0 Å². The van der Waals surface area contributed by atoms with E-state index in [1.807, 2.05) is 0 Å². The lowest BCUT2D eigenvalue weighted by Gasteiger charge is -2.14. The fraction of sp³-hybridized carbons (Fsp3) is 0.200. The van der Waals surface area contributed by atoms with Crippen LogP contribution < -0.4 is 0 Å². The van der Waals surface area contributed by atoms with Gasteiger partial charge in [-0.1, -0.05) is 30.3 Å². The number of alkyl halides is 3. The summed E-state index contributed by atoms with van der Waals surface area (Å²) in [5.74, 6) is -0.542. The Balaban J connectivity index is 2.11. The summed E-state index contributed by atoms with van der Waals surface area (Å²) in [6.07, 6.45) is -4.47. The van der Waals surface area contributed by atoms with Crippen molar-refractivity contribution in [3.05, 3.63) is 71.5 Å². The van der Waals surface area contributed by atoms with Crippen LogP contribution in [0.3, 0.4) is 0 Å². The van der Waals surface area contributed by atoms with Crippen molar-refractivity contribution in [3.8, 4) is 16.8 Å². The molecule has 0 fully saturated rings. The third-order valence-electron chi connectivity index (χ3n) is 3.95. The molecule has 3 aromatic rings. The van der Waals surface area contributed by atoms with Crippen LogP contribution in [0, 0.1) is 6.92 Å². The van der Waals surface area contributed by atoms with Crippen LogP contribution in [0.2, 0.25) is 0 Å². The van der Waals surface area contributed by atoms with Crippen molar-refractivity contribution in [1.82, 2.24) is 9.78 Å². The van der Waals surface area contributed by atoms with Crippen molar-refractivity contribution >= 4 is 5.97 Å². The molecule has 0 radical (unpaired) electrons. The van der Waals surface area contributed by atoms with Gasteiger partial charge in [-0.15, -0.1) is 0 Å². The smallest absolute Gasteiger partial charge is 0.417 e. The predicted octanol–water partition coefficient (Wildman–Crippen LogP) is 5.04. The number of hydrogen-bond donors (Lipinski definition) is 0. The van der Waals surface area contributed by atoms with Crippen LogP contribution in [-0.2, 0) is 10.9 Å². The second-order valence-electron chi connectivity index (χ2n) is 5.90. The molecule has 0 atom stereocenters. The molecular weight excluding hydrogens is 357 g/mol. The fourth-order valence-corrected chi connectivity index (χ4v) is 2.83. The number of esters is 1. The van der Waals surface area contributed by atoms with E-state index in [-0.39, 0.29) is 17.9 Å². The molecule has 3 rings (SSSR count). The Bertz CT molecular complexity index is 977. The molecule has 0 saturated carbocycles. The van der Waals surface area contributed by atoms with Crippen molar-refractivity contribution in [1.29, 1.82) is 0 Å². The Morgan fingerprint density at radius 1 is 1.11 bits per heavy atom. The number of benzene rings is 2. The summed E-state index contributed by atoms with van der Waals surface area (Å²) in [4.78, 5) is 12.2. The van der Waals surface area contributed by atoms with Gasteiger partial charge in [-0.2, -0.15) is 18.3 Å². The second kappa shape index (κ2) is 7.26. The van der Waals surface area contributed by atoms with E-state index >= 15 is 0 Å². The molecule has 7 heteroatoms. The summed E-state index contributed by atoms with van der Waals surface area (Å²) in [5, 5.41) is 4.28. The quantitative estimate of drug-likeness (QED) is 0.601. The number of carbonyl (C=O) groups is 1. The molecule has 1 aromatic heterocycles. The van der Waals surface area contributed by atoms with Gasteiger partial charge in [-0.25, -0.2) is 9.48 Å². The largest absolute Gasteiger partial charge is 0.461 e. The standard InChI is InChI=1S/C20H17F3N2O2/c1-3-27-19(26)18-11-13(2)24-25(18)15-8-6-7-14(12-15)16-9-4-5-10-17(16)20(21,22)23/h4-12H,3H2,1-2H3. The molecule has 0 unspecified atom stereocenters. The number of aryl methyl sites for hydroxylation is 1. The molecule has 0 N–H and O–H groups in total. The molecule has 140 valence electrons. The van der Waals surface area contributed by atoms with Crippen LogP contribution in [-0.4, -0.2) is 22.4 Å². The number of carbonyl (C=O) groups excluding carboxylic acids is 1. The molecule has 0 aliphatic rings. The van der Waals surface area contributed by atoms with Crippen LogP contribution in [0.15, 0.2) is 54.6 Å². The van der Waals surface area contributed by atoms with E-state index in [2.05, 4.69) is 5.10 Å². The maximum absolute atomic E-state index is 13.3. The highest BCUT2D eigenvalue weighted by Gasteiger charge is 2.33. The summed E-state index contributed by atoms with van der Waals surface area (Å²) in [6.45, 7) is 3.63. The Morgan fingerprint density at radius 3 is 2.56 bits per heavy atom. The maximum atomic E-state index is 13.3. The van der Waals surface area contributed by atoms with Gasteiger partial charge >= 0.3 is 12.1 Å². The Labute approximate surface area is 154 Å². The maximum Gasteiger partial charge on any atom is 0.417 e. The van der Waals surface area contributed by atoms with E-state index < -0.39 is 17.7 Å². The number of ether oxygens (including phenoxy) is 1. The van der Waals surface area contributed by atoms with Crippen LogP contribution in [0.5, 0.6) is 0 Å². The van der Waals surface area contributed by atoms with Gasteiger partial charge < -0.3 is 4.74 Å². The average Bonchev–Trinajstić information content (AvgIpc) is 3.03. The lowest BCUT2D eigenvalue weighted by atomic mass is 9.99. The van der Waals surface area contributed by atoms with Crippen molar-refractivity contribution < 1.29 is 22.7 Å². The highest BCUT2D eigenvalue weighted by Crippen LogP contribution is 2.37. The monoisotopic (exact) mass is 374 g/mol. The zero-order valence-electron chi connectivity index (χ0n) is 14.7. The van der Waals surface area contributed by atoms with Gasteiger partial charge in [0.15, 0.2) is 5.69 Å². The predicted molar refractivity (Wildman–Crippen MR) is 94.7 cm³/mol. The number of rotatable bonds is 4. The number of halogens is 3. The molecule has 1 heterocycles. The van der Waals surface area contributed by atoms with Crippen LogP contribution in [0.1, 0.15) is 28.7 Å². The van der Waals surface area contributed by atoms with Gasteiger partial charge in [0.1, 0.15) is 0 Å². The van der Waals surface area contributed by atoms with Gasteiger partial charge in [0, 0.05) is 0 Å². The van der Waals surface area contributed by atoms with E-state index in [9.17, 15) is 18.0 Å². The fourth-order valence-electron chi connectivity index (χ4n) is 2.83. The van der Waals surface area contributed by atoms with Crippen LogP contribution >= 0.6 is 0 Å². The molecule has 0 bridgehead atoms.